The first-order valence-corrected chi connectivity index (χ1v) is 5.28. The molecule has 2 nitrogen and oxygen atoms in total. The van der Waals surface area contributed by atoms with Crippen LogP contribution in [0.15, 0.2) is 18.2 Å². The van der Waals surface area contributed by atoms with Gasteiger partial charge in [-0.3, -0.25) is 4.79 Å². The summed E-state index contributed by atoms with van der Waals surface area (Å²) in [5.74, 6) is -1.72. The molecule has 0 aliphatic rings. The van der Waals surface area contributed by atoms with Gasteiger partial charge in [0, 0.05) is 30.6 Å². The Morgan fingerprint density at radius 2 is 1.88 bits per heavy atom. The van der Waals surface area contributed by atoms with E-state index in [2.05, 4.69) is 0 Å². The fourth-order valence-electron chi connectivity index (χ4n) is 1.18. The first-order chi connectivity index (χ1) is 7.45. The third-order valence-electron chi connectivity index (χ3n) is 2.31. The Labute approximate surface area is 97.8 Å². The highest BCUT2D eigenvalue weighted by Gasteiger charge is 2.17. The first-order valence-electron chi connectivity index (χ1n) is 4.75. The van der Waals surface area contributed by atoms with Crippen LogP contribution in [0.5, 0.6) is 0 Å². The van der Waals surface area contributed by atoms with Crippen molar-refractivity contribution in [2.24, 2.45) is 0 Å². The predicted molar refractivity (Wildman–Crippen MR) is 58.6 cm³/mol. The Morgan fingerprint density at radius 1 is 1.38 bits per heavy atom. The number of hydrogen-bond donors (Lipinski definition) is 0. The van der Waals surface area contributed by atoms with Crippen molar-refractivity contribution in [1.29, 1.82) is 0 Å². The van der Waals surface area contributed by atoms with Gasteiger partial charge in [0.1, 0.15) is 11.6 Å². The number of hydrogen-bond acceptors (Lipinski definition) is 1. The minimum Gasteiger partial charge on any atom is -0.338 e. The van der Waals surface area contributed by atoms with Gasteiger partial charge in [-0.2, -0.15) is 0 Å². The van der Waals surface area contributed by atoms with Gasteiger partial charge in [-0.15, -0.1) is 11.6 Å². The summed E-state index contributed by atoms with van der Waals surface area (Å²) in [6.07, 6.45) is 0. The maximum atomic E-state index is 12.9. The summed E-state index contributed by atoms with van der Waals surface area (Å²) in [7, 11) is 1.54. The Bertz CT molecular complexity index is 377. The van der Waals surface area contributed by atoms with E-state index in [1.165, 1.54) is 11.9 Å². The van der Waals surface area contributed by atoms with E-state index in [1.54, 1.807) is 6.92 Å². The van der Waals surface area contributed by atoms with E-state index in [-0.39, 0.29) is 17.5 Å². The average Bonchev–Trinajstić information content (AvgIpc) is 2.24. The molecule has 0 saturated heterocycles. The van der Waals surface area contributed by atoms with Crippen LogP contribution in [0.4, 0.5) is 8.78 Å². The van der Waals surface area contributed by atoms with Crippen LogP contribution in [0.2, 0.25) is 0 Å². The fourth-order valence-corrected chi connectivity index (χ4v) is 1.39. The summed E-state index contributed by atoms with van der Waals surface area (Å²) >= 11 is 5.60. The largest absolute Gasteiger partial charge is 0.338 e. The van der Waals surface area contributed by atoms with E-state index >= 15 is 0 Å². The van der Waals surface area contributed by atoms with Crippen molar-refractivity contribution in [2.75, 3.05) is 12.9 Å². The zero-order valence-corrected chi connectivity index (χ0v) is 9.76. The molecule has 0 aromatic heterocycles. The number of carbonyl (C=O) groups excluding carboxylic acids is 1. The lowest BCUT2D eigenvalue weighted by atomic mass is 10.1. The molecule has 0 N–H and O–H groups in total. The third kappa shape index (κ3) is 2.92. The second-order valence-electron chi connectivity index (χ2n) is 3.58. The molecule has 0 saturated carbocycles. The summed E-state index contributed by atoms with van der Waals surface area (Å²) in [6, 6.07) is 2.54. The van der Waals surface area contributed by atoms with Crippen LogP contribution in [0.3, 0.4) is 0 Å². The molecular weight excluding hydrogens is 236 g/mol. The number of benzene rings is 1. The normalized spacial score (nSPS) is 12.3. The number of alkyl halides is 1. The molecule has 0 aliphatic heterocycles. The molecule has 1 atom stereocenters. The SMILES string of the molecule is CC(CCl)N(C)C(=O)c1cc(F)cc(F)c1. The molecule has 0 bridgehead atoms. The monoisotopic (exact) mass is 247 g/mol. The highest BCUT2D eigenvalue weighted by molar-refractivity contribution is 6.18. The van der Waals surface area contributed by atoms with Crippen molar-refractivity contribution in [1.82, 2.24) is 4.90 Å². The molecule has 1 unspecified atom stereocenters. The molecule has 0 aliphatic carbocycles. The second kappa shape index (κ2) is 5.25. The molecule has 0 heterocycles. The molecule has 88 valence electrons. The predicted octanol–water partition coefficient (Wildman–Crippen LogP) is 2.66. The van der Waals surface area contributed by atoms with Gasteiger partial charge in [0.15, 0.2) is 0 Å². The molecule has 5 heteroatoms. The van der Waals surface area contributed by atoms with Gasteiger partial charge in [0.25, 0.3) is 5.91 Å². The van der Waals surface area contributed by atoms with E-state index in [0.29, 0.717) is 0 Å². The average molecular weight is 248 g/mol. The van der Waals surface area contributed by atoms with Crippen molar-refractivity contribution < 1.29 is 13.6 Å². The zero-order valence-electron chi connectivity index (χ0n) is 9.01. The minimum atomic E-state index is -0.768. The minimum absolute atomic E-state index is 0.0167. The maximum absolute atomic E-state index is 12.9. The van der Waals surface area contributed by atoms with Gasteiger partial charge in [0.05, 0.1) is 0 Å². The van der Waals surface area contributed by atoms with Crippen molar-refractivity contribution in [3.8, 4) is 0 Å². The Kier molecular flexibility index (Phi) is 4.24. The topological polar surface area (TPSA) is 20.3 Å². The lowest BCUT2D eigenvalue weighted by Gasteiger charge is -2.23. The molecule has 1 aromatic rings. The lowest BCUT2D eigenvalue weighted by Crippen LogP contribution is -2.36. The smallest absolute Gasteiger partial charge is 0.254 e. The van der Waals surface area contributed by atoms with Gasteiger partial charge in [-0.1, -0.05) is 0 Å². The number of halogens is 3. The molecule has 0 radical (unpaired) electrons. The van der Waals surface area contributed by atoms with E-state index < -0.39 is 17.5 Å². The number of nitrogens with zero attached hydrogens (tertiary/aromatic N) is 1. The lowest BCUT2D eigenvalue weighted by molar-refractivity contribution is 0.0755. The highest BCUT2D eigenvalue weighted by Crippen LogP contribution is 2.12. The van der Waals surface area contributed by atoms with Gasteiger partial charge in [-0.25, -0.2) is 8.78 Å². The number of rotatable bonds is 3. The number of amides is 1. The maximum Gasteiger partial charge on any atom is 0.254 e. The fraction of sp³-hybridized carbons (Fsp3) is 0.364. The molecule has 0 fully saturated rings. The van der Waals surface area contributed by atoms with Crippen LogP contribution in [0.1, 0.15) is 17.3 Å². The summed E-state index contributed by atoms with van der Waals surface area (Å²) in [6.45, 7) is 1.75. The van der Waals surface area contributed by atoms with Gasteiger partial charge in [-0.05, 0) is 19.1 Å². The first kappa shape index (κ1) is 12.9. The van der Waals surface area contributed by atoms with E-state index in [9.17, 15) is 13.6 Å². The van der Waals surface area contributed by atoms with E-state index in [0.717, 1.165) is 18.2 Å². The highest BCUT2D eigenvalue weighted by atomic mass is 35.5. The Balaban J connectivity index is 2.96. The molecule has 0 spiro atoms. The molecule has 1 rings (SSSR count). The van der Waals surface area contributed by atoms with Gasteiger partial charge >= 0.3 is 0 Å². The van der Waals surface area contributed by atoms with Crippen LogP contribution in [0, 0.1) is 11.6 Å². The van der Waals surface area contributed by atoms with Crippen molar-refractivity contribution in [3.63, 3.8) is 0 Å². The molecule has 1 amide bonds. The van der Waals surface area contributed by atoms with Crippen LogP contribution in [0.25, 0.3) is 0 Å². The quantitative estimate of drug-likeness (QED) is 0.752. The van der Waals surface area contributed by atoms with Crippen molar-refractivity contribution >= 4 is 17.5 Å². The van der Waals surface area contributed by atoms with Gasteiger partial charge in [0.2, 0.25) is 0 Å². The van der Waals surface area contributed by atoms with Crippen LogP contribution in [-0.2, 0) is 0 Å². The molecule has 16 heavy (non-hydrogen) atoms. The summed E-state index contributed by atoms with van der Waals surface area (Å²) in [5, 5.41) is 0. The Morgan fingerprint density at radius 3 is 2.31 bits per heavy atom. The second-order valence-corrected chi connectivity index (χ2v) is 3.89. The standard InChI is InChI=1S/C11H12ClF2NO/c1-7(6-12)15(2)11(16)8-3-9(13)5-10(14)4-8/h3-5,7H,6H2,1-2H3. The third-order valence-corrected chi connectivity index (χ3v) is 2.76. The Hall–Kier alpha value is -1.16. The van der Waals surface area contributed by atoms with Crippen LogP contribution in [-0.4, -0.2) is 29.8 Å². The molecule has 1 aromatic carbocycles. The zero-order chi connectivity index (χ0) is 12.3. The van der Waals surface area contributed by atoms with E-state index in [4.69, 9.17) is 11.6 Å². The van der Waals surface area contributed by atoms with Crippen LogP contribution >= 0.6 is 11.6 Å². The van der Waals surface area contributed by atoms with Crippen molar-refractivity contribution in [2.45, 2.75) is 13.0 Å². The number of carbonyl (C=O) groups is 1. The van der Waals surface area contributed by atoms with Crippen molar-refractivity contribution in [3.05, 3.63) is 35.4 Å². The van der Waals surface area contributed by atoms with E-state index in [1.807, 2.05) is 0 Å². The summed E-state index contributed by atoms with van der Waals surface area (Å²) < 4.78 is 25.8. The summed E-state index contributed by atoms with van der Waals surface area (Å²) in [4.78, 5) is 13.1. The van der Waals surface area contributed by atoms with Crippen LogP contribution < -0.4 is 0 Å². The molecular formula is C11H12ClF2NO. The van der Waals surface area contributed by atoms with Gasteiger partial charge < -0.3 is 4.90 Å². The summed E-state index contributed by atoms with van der Waals surface area (Å²) in [5.41, 5.74) is -0.0167.